The number of aromatic nitrogens is 1. The number of rotatable bonds is 7. The van der Waals surface area contributed by atoms with Crippen molar-refractivity contribution in [3.63, 3.8) is 0 Å². The first-order chi connectivity index (χ1) is 17.6. The number of methoxy groups -OCH3 is 1. The zero-order valence-electron chi connectivity index (χ0n) is 20.3. The molecular formula is C26H23F5N2O3S2. The van der Waals surface area contributed by atoms with Gasteiger partial charge in [-0.3, -0.25) is 4.79 Å². The van der Waals surface area contributed by atoms with Crippen molar-refractivity contribution in [2.24, 2.45) is 0 Å². The van der Waals surface area contributed by atoms with E-state index in [9.17, 15) is 29.0 Å². The number of esters is 1. The molecule has 0 spiro atoms. The van der Waals surface area contributed by atoms with E-state index in [2.05, 4.69) is 5.32 Å². The lowest BCUT2D eigenvalue weighted by molar-refractivity contribution is 0.0600. The normalized spacial score (nSPS) is 16.5. The largest absolute Gasteiger partial charge is 0.465 e. The van der Waals surface area contributed by atoms with Crippen molar-refractivity contribution in [3.8, 4) is 0 Å². The van der Waals surface area contributed by atoms with E-state index >= 15 is 0 Å². The molecule has 1 amide bonds. The molecule has 1 N–H and O–H groups in total. The van der Waals surface area contributed by atoms with Gasteiger partial charge in [-0.25, -0.2) is 4.79 Å². The highest BCUT2D eigenvalue weighted by Gasteiger charge is 2.65. The SMILES string of the molecule is COC(=O)c1ccc(C2(NC(=O)c3c(C)sc4ccn(Cc5ccc(S(F)(F)(F)(F)F)cc5)c34)CC2)cc1. The van der Waals surface area contributed by atoms with E-state index in [4.69, 9.17) is 4.74 Å². The number of hydrogen-bond acceptors (Lipinski definition) is 4. The summed E-state index contributed by atoms with van der Waals surface area (Å²) in [7, 11) is -8.45. The lowest BCUT2D eigenvalue weighted by atomic mass is 10.0. The van der Waals surface area contributed by atoms with Gasteiger partial charge in [-0.15, -0.1) is 11.3 Å². The van der Waals surface area contributed by atoms with E-state index in [1.807, 2.05) is 13.0 Å². The highest BCUT2D eigenvalue weighted by molar-refractivity contribution is 8.45. The van der Waals surface area contributed by atoms with E-state index in [-0.39, 0.29) is 12.5 Å². The third-order valence-electron chi connectivity index (χ3n) is 6.69. The number of aryl methyl sites for hydroxylation is 1. The summed E-state index contributed by atoms with van der Waals surface area (Å²) in [5.74, 6) is -0.745. The third kappa shape index (κ3) is 4.90. The Morgan fingerprint density at radius 2 is 1.63 bits per heavy atom. The third-order valence-corrected chi connectivity index (χ3v) is 8.91. The molecule has 1 aliphatic carbocycles. The van der Waals surface area contributed by atoms with Crippen LogP contribution in [0.2, 0.25) is 0 Å². The molecule has 0 atom stereocenters. The molecule has 1 fully saturated rings. The van der Waals surface area contributed by atoms with Crippen LogP contribution in [0, 0.1) is 6.92 Å². The first-order valence-electron chi connectivity index (χ1n) is 11.5. The van der Waals surface area contributed by atoms with Gasteiger partial charge in [-0.05, 0) is 61.2 Å². The predicted molar refractivity (Wildman–Crippen MR) is 138 cm³/mol. The van der Waals surface area contributed by atoms with Gasteiger partial charge in [0.25, 0.3) is 5.91 Å². The summed E-state index contributed by atoms with van der Waals surface area (Å²) in [4.78, 5) is 24.1. The van der Waals surface area contributed by atoms with E-state index in [0.29, 0.717) is 34.3 Å². The highest BCUT2D eigenvalue weighted by atomic mass is 32.5. The summed E-state index contributed by atoms with van der Waals surface area (Å²) in [5.41, 5.74) is 2.16. The van der Waals surface area contributed by atoms with E-state index in [0.717, 1.165) is 40.1 Å². The molecule has 0 aliphatic heterocycles. The number of nitrogens with zero attached hydrogens (tertiary/aromatic N) is 1. The number of ether oxygens (including phenoxy) is 1. The fourth-order valence-electron chi connectivity index (χ4n) is 4.57. The molecule has 5 rings (SSSR count). The molecule has 4 aromatic rings. The van der Waals surface area contributed by atoms with Gasteiger partial charge in [-0.1, -0.05) is 43.7 Å². The van der Waals surface area contributed by atoms with Crippen molar-refractivity contribution in [2.45, 2.75) is 36.7 Å². The first kappa shape index (κ1) is 26.2. The second kappa shape index (κ2) is 8.06. The average molecular weight is 571 g/mol. The fourth-order valence-corrected chi connectivity index (χ4v) is 6.28. The lowest BCUT2D eigenvalue weighted by Crippen LogP contribution is -2.35. The quantitative estimate of drug-likeness (QED) is 0.181. The summed E-state index contributed by atoms with van der Waals surface area (Å²) in [5, 5.41) is 3.13. The molecule has 2 aromatic heterocycles. The Hall–Kier alpha value is -3.38. The van der Waals surface area contributed by atoms with Gasteiger partial charge in [0.1, 0.15) is 4.90 Å². The van der Waals surface area contributed by atoms with Gasteiger partial charge >= 0.3 is 16.2 Å². The first-order valence-corrected chi connectivity index (χ1v) is 14.3. The van der Waals surface area contributed by atoms with Crippen LogP contribution in [0.25, 0.3) is 10.2 Å². The molecule has 5 nitrogen and oxygen atoms in total. The van der Waals surface area contributed by atoms with Gasteiger partial charge in [-0.2, -0.15) is 0 Å². The van der Waals surface area contributed by atoms with Crippen LogP contribution in [0.5, 0.6) is 0 Å². The van der Waals surface area contributed by atoms with Gasteiger partial charge in [0.05, 0.1) is 34.0 Å². The number of fused-ring (bicyclic) bond motifs is 1. The van der Waals surface area contributed by atoms with Crippen LogP contribution in [0.4, 0.5) is 19.4 Å². The van der Waals surface area contributed by atoms with Crippen molar-refractivity contribution in [3.05, 3.63) is 87.9 Å². The minimum atomic E-state index is -9.75. The van der Waals surface area contributed by atoms with E-state index < -0.39 is 26.6 Å². The number of halogens is 5. The molecule has 1 saturated carbocycles. The van der Waals surface area contributed by atoms with Crippen LogP contribution >= 0.6 is 21.6 Å². The zero-order valence-corrected chi connectivity index (χ0v) is 21.9. The highest BCUT2D eigenvalue weighted by Crippen LogP contribution is 3.02. The Morgan fingerprint density at radius 3 is 2.18 bits per heavy atom. The van der Waals surface area contributed by atoms with Crippen LogP contribution < -0.4 is 5.32 Å². The van der Waals surface area contributed by atoms with Crippen molar-refractivity contribution in [2.75, 3.05) is 7.11 Å². The maximum absolute atomic E-state index is 13.5. The van der Waals surface area contributed by atoms with Crippen molar-refractivity contribution < 1.29 is 33.8 Å². The summed E-state index contributed by atoms with van der Waals surface area (Å²) in [6.45, 7) is 1.92. The fraction of sp³-hybridized carbons (Fsp3) is 0.231. The number of carbonyl (C=O) groups is 2. The maximum Gasteiger partial charge on any atom is 0.337 e. The lowest BCUT2D eigenvalue weighted by Gasteiger charge is -2.40. The Morgan fingerprint density at radius 1 is 1.00 bits per heavy atom. The Kier molecular flexibility index (Phi) is 5.57. The molecule has 2 heterocycles. The maximum atomic E-state index is 13.5. The van der Waals surface area contributed by atoms with Gasteiger partial charge < -0.3 is 14.6 Å². The molecule has 0 bridgehead atoms. The number of benzene rings is 2. The summed E-state index contributed by atoms with van der Waals surface area (Å²) < 4.78 is 72.7. The number of hydrogen-bond donors (Lipinski definition) is 1. The van der Waals surface area contributed by atoms with E-state index in [1.54, 1.807) is 35.0 Å². The number of carbonyl (C=O) groups excluding carboxylic acids is 2. The monoisotopic (exact) mass is 570 g/mol. The van der Waals surface area contributed by atoms with Crippen LogP contribution in [0.3, 0.4) is 0 Å². The molecule has 202 valence electrons. The minimum Gasteiger partial charge on any atom is -0.465 e. The Balaban J connectivity index is 1.41. The minimum absolute atomic E-state index is 0.0979. The van der Waals surface area contributed by atoms with Crippen LogP contribution in [0.1, 0.15) is 49.6 Å². The number of thiophene rings is 1. The van der Waals surface area contributed by atoms with Gasteiger partial charge in [0.2, 0.25) is 0 Å². The van der Waals surface area contributed by atoms with E-state index in [1.165, 1.54) is 18.4 Å². The van der Waals surface area contributed by atoms with Gasteiger partial charge in [0, 0.05) is 17.6 Å². The molecule has 38 heavy (non-hydrogen) atoms. The number of nitrogens with one attached hydrogen (secondary N) is 1. The standard InChI is InChI=1S/C26H23F5N2O3S2/c1-16-22(24(34)32-26(12-13-26)19-7-5-18(6-8-19)25(35)36-2)23-21(37-16)11-14-33(23)15-17-3-9-20(10-4-17)38(27,28,29,30)31/h3-11,14H,12-13,15H2,1-2H3,(H,32,34). The van der Waals surface area contributed by atoms with Gasteiger partial charge in [0.15, 0.2) is 0 Å². The topological polar surface area (TPSA) is 60.3 Å². The second-order valence-electron chi connectivity index (χ2n) is 9.41. The Labute approximate surface area is 218 Å². The molecular weight excluding hydrogens is 547 g/mol. The smallest absolute Gasteiger partial charge is 0.337 e. The molecule has 0 radical (unpaired) electrons. The van der Waals surface area contributed by atoms with Crippen LogP contribution in [-0.2, 0) is 16.8 Å². The molecule has 0 saturated heterocycles. The second-order valence-corrected chi connectivity index (χ2v) is 13.1. The van der Waals surface area contributed by atoms with Crippen molar-refractivity contribution in [1.29, 1.82) is 0 Å². The van der Waals surface area contributed by atoms with Crippen LogP contribution in [-0.4, -0.2) is 23.6 Å². The number of amides is 1. The average Bonchev–Trinajstić information content (AvgIpc) is 3.41. The van der Waals surface area contributed by atoms with Crippen molar-refractivity contribution >= 4 is 43.7 Å². The summed E-state index contributed by atoms with van der Waals surface area (Å²) in [6, 6.07) is 11.5. The predicted octanol–water partition coefficient (Wildman–Crippen LogP) is 7.92. The molecule has 1 aliphatic rings. The summed E-state index contributed by atoms with van der Waals surface area (Å²) in [6.07, 6.45) is 3.17. The van der Waals surface area contributed by atoms with Crippen molar-refractivity contribution in [1.82, 2.24) is 9.88 Å². The van der Waals surface area contributed by atoms with Crippen LogP contribution in [0.15, 0.2) is 65.7 Å². The molecule has 0 unspecified atom stereocenters. The summed E-state index contributed by atoms with van der Waals surface area (Å²) >= 11 is 1.42. The molecule has 2 aromatic carbocycles. The Bertz CT molecular complexity index is 1570. The zero-order chi connectivity index (χ0) is 27.6. The molecule has 12 heteroatoms.